The molecule has 0 unspecified atom stereocenters. The smallest absolute Gasteiger partial charge is 0.509 e. The van der Waals surface area contributed by atoms with E-state index in [4.69, 9.17) is 46.9 Å². The van der Waals surface area contributed by atoms with Crippen molar-refractivity contribution in [2.45, 2.75) is 38.6 Å². The summed E-state index contributed by atoms with van der Waals surface area (Å²) in [6.07, 6.45) is 2.02. The Morgan fingerprint density at radius 1 is 1.00 bits per heavy atom. The first-order valence-electron chi connectivity index (χ1n) is 12.5. The van der Waals surface area contributed by atoms with Gasteiger partial charge in [-0.1, -0.05) is 35.3 Å². The fourth-order valence-electron chi connectivity index (χ4n) is 3.92. The molecule has 0 N–H and O–H groups in total. The summed E-state index contributed by atoms with van der Waals surface area (Å²) in [6, 6.07) is 9.21. The van der Waals surface area contributed by atoms with Crippen molar-refractivity contribution >= 4 is 29.4 Å². The molecule has 1 fully saturated rings. The molecule has 1 aliphatic carbocycles. The fourth-order valence-corrected chi connectivity index (χ4v) is 4.52. The number of hydrogen-bond acceptors (Lipinski definition) is 8. The Balaban J connectivity index is 1.58. The van der Waals surface area contributed by atoms with E-state index in [1.54, 1.807) is 18.2 Å². The van der Waals surface area contributed by atoms with Crippen LogP contribution in [0.4, 0.5) is 13.6 Å². The molecule has 1 aliphatic rings. The van der Waals surface area contributed by atoms with E-state index in [1.165, 1.54) is 32.4 Å². The van der Waals surface area contributed by atoms with Crippen molar-refractivity contribution < 1.29 is 46.7 Å². The van der Waals surface area contributed by atoms with Crippen LogP contribution >= 0.6 is 23.2 Å². The Bertz CT molecular complexity index is 1350. The van der Waals surface area contributed by atoms with Gasteiger partial charge in [-0.2, -0.15) is 13.5 Å². The van der Waals surface area contributed by atoms with E-state index in [9.17, 15) is 18.8 Å². The van der Waals surface area contributed by atoms with Crippen LogP contribution in [0.25, 0.3) is 0 Å². The molecule has 0 radical (unpaired) electrons. The molecule has 1 aromatic heterocycles. The molecule has 0 aliphatic heterocycles. The lowest BCUT2D eigenvalue weighted by molar-refractivity contribution is -0.605. The van der Waals surface area contributed by atoms with Gasteiger partial charge in [0.1, 0.15) is 22.8 Å². The normalized spacial score (nSPS) is 13.4. The van der Waals surface area contributed by atoms with Crippen LogP contribution in [0.1, 0.15) is 35.6 Å². The summed E-state index contributed by atoms with van der Waals surface area (Å²) >= 11 is 12.6. The zero-order valence-corrected chi connectivity index (χ0v) is 23.6. The minimum Gasteiger partial charge on any atom is -0.619 e. The number of rotatable bonds is 13. The number of hydrogen-bond donors (Lipinski definition) is 0. The highest BCUT2D eigenvalue weighted by Gasteiger charge is 2.27. The Morgan fingerprint density at radius 3 is 2.32 bits per heavy atom. The second kappa shape index (κ2) is 13.8. The Kier molecular flexibility index (Phi) is 10.2. The highest BCUT2D eigenvalue weighted by Crippen LogP contribution is 2.38. The first kappa shape index (κ1) is 30.3. The summed E-state index contributed by atoms with van der Waals surface area (Å²) < 4.78 is 58.4. The largest absolute Gasteiger partial charge is 0.619 e. The molecule has 220 valence electrons. The van der Waals surface area contributed by atoms with Crippen molar-refractivity contribution in [2.24, 2.45) is 5.92 Å². The Labute approximate surface area is 245 Å². The molecule has 13 heteroatoms. The average molecular weight is 614 g/mol. The predicted molar refractivity (Wildman–Crippen MR) is 144 cm³/mol. The van der Waals surface area contributed by atoms with Crippen molar-refractivity contribution in [3.8, 4) is 23.0 Å². The van der Waals surface area contributed by atoms with Gasteiger partial charge in [-0.25, -0.2) is 4.79 Å². The second-order valence-electron chi connectivity index (χ2n) is 9.17. The predicted octanol–water partition coefficient (Wildman–Crippen LogP) is 6.67. The topological polar surface area (TPSA) is 99.4 Å². The molecular weight excluding hydrogens is 587 g/mol. The maximum absolute atomic E-state index is 13.0. The van der Waals surface area contributed by atoms with Gasteiger partial charge in [0.15, 0.2) is 35.4 Å². The maximum Gasteiger partial charge on any atom is 0.509 e. The molecule has 0 amide bonds. The Hall–Kier alpha value is -3.70. The van der Waals surface area contributed by atoms with Gasteiger partial charge in [0.05, 0.1) is 20.8 Å². The van der Waals surface area contributed by atoms with Crippen molar-refractivity contribution in [1.29, 1.82) is 0 Å². The number of halogens is 4. The number of pyridine rings is 1. The summed E-state index contributed by atoms with van der Waals surface area (Å²) in [5.41, 5.74) is 1.30. The van der Waals surface area contributed by atoms with Crippen LogP contribution in [-0.4, -0.2) is 33.6 Å². The minimum atomic E-state index is -3.07. The molecule has 2 aromatic carbocycles. The van der Waals surface area contributed by atoms with Crippen molar-refractivity contribution in [1.82, 2.24) is 0 Å². The van der Waals surface area contributed by atoms with Gasteiger partial charge >= 0.3 is 12.8 Å². The molecule has 4 rings (SSSR count). The number of benzene rings is 2. The van der Waals surface area contributed by atoms with E-state index < -0.39 is 18.9 Å². The second-order valence-corrected chi connectivity index (χ2v) is 9.98. The number of carbonyl (C=O) groups is 1. The number of aromatic nitrogens is 1. The lowest BCUT2D eigenvalue weighted by Gasteiger charge is -2.21. The lowest BCUT2D eigenvalue weighted by Crippen LogP contribution is -2.25. The van der Waals surface area contributed by atoms with Crippen LogP contribution in [0.3, 0.4) is 0 Å². The third-order valence-electron chi connectivity index (χ3n) is 6.22. The summed E-state index contributed by atoms with van der Waals surface area (Å²) in [7, 11) is 2.98. The fraction of sp³-hybridized carbons (Fsp3) is 0.357. The first-order valence-corrected chi connectivity index (χ1v) is 13.2. The van der Waals surface area contributed by atoms with E-state index in [-0.39, 0.29) is 34.6 Å². The van der Waals surface area contributed by atoms with Crippen LogP contribution in [0.15, 0.2) is 48.8 Å². The van der Waals surface area contributed by atoms with Gasteiger partial charge in [-0.15, -0.1) is 0 Å². The van der Waals surface area contributed by atoms with E-state index in [0.29, 0.717) is 45.4 Å². The van der Waals surface area contributed by atoms with Gasteiger partial charge in [-0.3, -0.25) is 0 Å². The summed E-state index contributed by atoms with van der Waals surface area (Å²) in [4.78, 5) is 12.8. The molecule has 3 aromatic rings. The van der Waals surface area contributed by atoms with Crippen LogP contribution in [0, 0.1) is 11.1 Å². The zero-order chi connectivity index (χ0) is 29.5. The number of methoxy groups -OCH3 is 2. The third kappa shape index (κ3) is 8.40. The monoisotopic (exact) mass is 613 g/mol. The van der Waals surface area contributed by atoms with Crippen molar-refractivity contribution in [3.05, 3.63) is 80.7 Å². The molecule has 1 heterocycles. The van der Waals surface area contributed by atoms with E-state index >= 15 is 0 Å². The molecule has 0 spiro atoms. The summed E-state index contributed by atoms with van der Waals surface area (Å²) in [5.74, 6) is 1.19. The van der Waals surface area contributed by atoms with Crippen LogP contribution in [0.2, 0.25) is 10.0 Å². The van der Waals surface area contributed by atoms with Crippen molar-refractivity contribution in [3.63, 3.8) is 0 Å². The SMILES string of the molecule is COc1ccc(COC(=O)O[C@@H](Cc2c(Cl)c[n+]([O-])cc2Cl)c2ccc(OC(F)F)c(OCC3CC3)c2)cc1OC. The van der Waals surface area contributed by atoms with Gasteiger partial charge in [0.25, 0.3) is 0 Å². The van der Waals surface area contributed by atoms with Gasteiger partial charge in [0, 0.05) is 12.0 Å². The summed E-state index contributed by atoms with van der Waals surface area (Å²) in [5, 5.41) is 11.8. The molecule has 1 atom stereocenters. The minimum absolute atomic E-state index is 0.0441. The zero-order valence-electron chi connectivity index (χ0n) is 22.1. The molecule has 0 bridgehead atoms. The third-order valence-corrected chi connectivity index (χ3v) is 6.87. The summed E-state index contributed by atoms with van der Waals surface area (Å²) in [6.45, 7) is -2.89. The standard InChI is InChI=1S/C28H27Cl2F2NO8/c1-36-22-7-5-17(9-25(22)37-2)15-39-28(34)41-24(11-19-20(29)12-33(35)13-21(19)30)18-6-8-23(40-27(31)32)26(10-18)38-14-16-3-4-16/h5-10,12-13,16,24,27H,3-4,11,14-15H2,1-2H3/t24-/m0/s1. The van der Waals surface area contributed by atoms with Crippen LogP contribution in [-0.2, 0) is 22.5 Å². The Morgan fingerprint density at radius 2 is 1.68 bits per heavy atom. The number of carbonyl (C=O) groups excluding carboxylic acids is 1. The van der Waals surface area contributed by atoms with Crippen LogP contribution < -0.4 is 23.7 Å². The average Bonchev–Trinajstić information content (AvgIpc) is 3.76. The first-order chi connectivity index (χ1) is 19.7. The quantitative estimate of drug-likeness (QED) is 0.120. The van der Waals surface area contributed by atoms with E-state index in [1.807, 2.05) is 0 Å². The van der Waals surface area contributed by atoms with Crippen LogP contribution in [0.5, 0.6) is 23.0 Å². The van der Waals surface area contributed by atoms with Gasteiger partial charge in [0.2, 0.25) is 0 Å². The van der Waals surface area contributed by atoms with Crippen molar-refractivity contribution in [2.75, 3.05) is 20.8 Å². The van der Waals surface area contributed by atoms with Gasteiger partial charge in [-0.05, 0) is 54.2 Å². The highest BCUT2D eigenvalue weighted by molar-refractivity contribution is 6.35. The molecule has 0 saturated heterocycles. The number of alkyl halides is 2. The maximum atomic E-state index is 13.0. The molecule has 41 heavy (non-hydrogen) atoms. The molecule has 9 nitrogen and oxygen atoms in total. The van der Waals surface area contributed by atoms with E-state index in [2.05, 4.69) is 4.74 Å². The molecule has 1 saturated carbocycles. The highest BCUT2D eigenvalue weighted by atomic mass is 35.5. The number of ether oxygens (including phenoxy) is 6. The molecular formula is C28H27Cl2F2NO8. The lowest BCUT2D eigenvalue weighted by atomic mass is 10.0. The number of nitrogens with zero attached hydrogens (tertiary/aromatic N) is 1. The van der Waals surface area contributed by atoms with Gasteiger partial charge < -0.3 is 33.6 Å². The van der Waals surface area contributed by atoms with E-state index in [0.717, 1.165) is 25.2 Å².